The minimum Gasteiger partial charge on any atom is -0.338 e. The maximum absolute atomic E-state index is 12.4. The largest absolute Gasteiger partial charge is 0.338 e. The number of carbonyl (C=O) groups excluding carboxylic acids is 1. The second-order valence-corrected chi connectivity index (χ2v) is 5.32. The Kier molecular flexibility index (Phi) is 5.50. The number of anilines is 1. The normalized spacial score (nSPS) is 12.1. The van der Waals surface area contributed by atoms with Gasteiger partial charge < -0.3 is 10.3 Å². The topological polar surface area (TPSA) is 58.4 Å². The minimum atomic E-state index is -0.00630. The number of rotatable bonds is 5. The molecular weight excluding hydrogens is 246 g/mol. The third-order valence-corrected chi connectivity index (χ3v) is 3.77. The van der Waals surface area contributed by atoms with Gasteiger partial charge in [0.2, 0.25) is 0 Å². The lowest BCUT2D eigenvalue weighted by Crippen LogP contribution is -2.37. The number of nitrogens with one attached hydrogen (secondary N) is 1. The van der Waals surface area contributed by atoms with Crippen LogP contribution < -0.4 is 11.3 Å². The van der Waals surface area contributed by atoms with Crippen molar-refractivity contribution in [2.24, 2.45) is 5.84 Å². The van der Waals surface area contributed by atoms with Gasteiger partial charge in [-0.05, 0) is 32.2 Å². The van der Waals surface area contributed by atoms with E-state index in [0.29, 0.717) is 11.3 Å². The number of thioether (sulfide) groups is 1. The summed E-state index contributed by atoms with van der Waals surface area (Å²) < 4.78 is 0. The summed E-state index contributed by atoms with van der Waals surface area (Å²) in [6, 6.07) is 5.81. The zero-order chi connectivity index (χ0) is 13.7. The monoisotopic (exact) mass is 267 g/mol. The second kappa shape index (κ2) is 6.66. The molecule has 0 aliphatic carbocycles. The van der Waals surface area contributed by atoms with Gasteiger partial charge in [0.1, 0.15) is 0 Å². The Morgan fingerprint density at radius 3 is 2.78 bits per heavy atom. The molecule has 3 N–H and O–H groups in total. The number of benzene rings is 1. The Hall–Kier alpha value is -1.20. The van der Waals surface area contributed by atoms with Crippen molar-refractivity contribution in [3.05, 3.63) is 29.3 Å². The van der Waals surface area contributed by atoms with E-state index >= 15 is 0 Å². The van der Waals surface area contributed by atoms with Gasteiger partial charge in [-0.15, -0.1) is 0 Å². The van der Waals surface area contributed by atoms with Gasteiger partial charge in [0.15, 0.2) is 0 Å². The predicted octanol–water partition coefficient (Wildman–Crippen LogP) is 2.10. The molecule has 1 amide bonds. The van der Waals surface area contributed by atoms with Crippen LogP contribution in [0, 0.1) is 6.92 Å². The van der Waals surface area contributed by atoms with Crippen LogP contribution in [0.3, 0.4) is 0 Å². The highest BCUT2D eigenvalue weighted by Gasteiger charge is 2.19. The van der Waals surface area contributed by atoms with E-state index in [1.807, 2.05) is 45.4 Å². The van der Waals surface area contributed by atoms with E-state index < -0.39 is 0 Å². The third-order valence-electron chi connectivity index (χ3n) is 2.95. The molecule has 0 spiro atoms. The lowest BCUT2D eigenvalue weighted by Gasteiger charge is -2.25. The molecule has 0 saturated carbocycles. The molecular formula is C13H21N3OS. The van der Waals surface area contributed by atoms with Gasteiger partial charge in [-0.3, -0.25) is 10.6 Å². The van der Waals surface area contributed by atoms with Crippen LogP contribution in [0.15, 0.2) is 18.2 Å². The summed E-state index contributed by atoms with van der Waals surface area (Å²) in [5, 5.41) is 0. The van der Waals surface area contributed by atoms with Crippen molar-refractivity contribution in [3.8, 4) is 0 Å². The number of hydrogen-bond donors (Lipinski definition) is 2. The molecule has 0 aliphatic heterocycles. The molecule has 1 atom stereocenters. The molecule has 1 aromatic carbocycles. The summed E-state index contributed by atoms with van der Waals surface area (Å²) in [7, 11) is 1.83. The molecule has 0 heterocycles. The van der Waals surface area contributed by atoms with E-state index in [-0.39, 0.29) is 11.9 Å². The van der Waals surface area contributed by atoms with Gasteiger partial charge in [-0.25, -0.2) is 0 Å². The number of hydrogen-bond acceptors (Lipinski definition) is 4. The highest BCUT2D eigenvalue weighted by atomic mass is 32.2. The second-order valence-electron chi connectivity index (χ2n) is 4.41. The summed E-state index contributed by atoms with van der Waals surface area (Å²) in [5.74, 6) is 6.36. The summed E-state index contributed by atoms with van der Waals surface area (Å²) >= 11 is 1.73. The van der Waals surface area contributed by atoms with Crippen LogP contribution >= 0.6 is 11.8 Å². The van der Waals surface area contributed by atoms with Crippen molar-refractivity contribution in [1.29, 1.82) is 0 Å². The fraction of sp³-hybridized carbons (Fsp3) is 0.462. The fourth-order valence-electron chi connectivity index (χ4n) is 1.70. The Balaban J connectivity index is 2.98. The predicted molar refractivity (Wildman–Crippen MR) is 78.9 cm³/mol. The zero-order valence-corrected chi connectivity index (χ0v) is 12.2. The zero-order valence-electron chi connectivity index (χ0n) is 11.4. The number of carbonyl (C=O) groups is 1. The molecule has 1 aromatic rings. The minimum absolute atomic E-state index is 0.00630. The van der Waals surface area contributed by atoms with Crippen molar-refractivity contribution in [1.82, 2.24) is 4.90 Å². The summed E-state index contributed by atoms with van der Waals surface area (Å²) in [4.78, 5) is 14.2. The number of nitrogens with two attached hydrogens (primary N) is 1. The number of nitrogen functional groups attached to an aromatic ring is 1. The molecule has 0 aromatic heterocycles. The average Bonchev–Trinajstić information content (AvgIpc) is 2.37. The van der Waals surface area contributed by atoms with Crippen LogP contribution in [0.5, 0.6) is 0 Å². The third kappa shape index (κ3) is 3.40. The summed E-state index contributed by atoms with van der Waals surface area (Å²) in [5.41, 5.74) is 4.90. The average molecular weight is 267 g/mol. The summed E-state index contributed by atoms with van der Waals surface area (Å²) in [6.07, 6.45) is 2.04. The number of hydrazine groups is 1. The molecule has 0 fully saturated rings. The molecule has 18 heavy (non-hydrogen) atoms. The fourth-order valence-corrected chi connectivity index (χ4v) is 2.41. The maximum Gasteiger partial charge on any atom is 0.256 e. The van der Waals surface area contributed by atoms with E-state index in [2.05, 4.69) is 5.43 Å². The van der Waals surface area contributed by atoms with Crippen LogP contribution in [0.2, 0.25) is 0 Å². The molecule has 0 aliphatic rings. The van der Waals surface area contributed by atoms with Gasteiger partial charge in [0.05, 0.1) is 11.3 Å². The SMILES string of the molecule is CSCC(C)N(C)C(=O)c1cc(C)ccc1NN. The van der Waals surface area contributed by atoms with Crippen LogP contribution in [0.4, 0.5) is 5.69 Å². The highest BCUT2D eigenvalue weighted by Crippen LogP contribution is 2.19. The Labute approximate surface area is 113 Å². The number of nitrogens with zero attached hydrogens (tertiary/aromatic N) is 1. The first kappa shape index (κ1) is 14.9. The van der Waals surface area contributed by atoms with Gasteiger partial charge in [0.25, 0.3) is 5.91 Å². The first-order valence-corrected chi connectivity index (χ1v) is 7.24. The van der Waals surface area contributed by atoms with E-state index in [1.54, 1.807) is 16.7 Å². The maximum atomic E-state index is 12.4. The van der Waals surface area contributed by atoms with Crippen LogP contribution in [0.25, 0.3) is 0 Å². The standard InChI is InChI=1S/C13H21N3OS/c1-9-5-6-12(15-14)11(7-9)13(17)16(3)10(2)8-18-4/h5-7,10,15H,8,14H2,1-4H3. The van der Waals surface area contributed by atoms with Gasteiger partial charge in [-0.2, -0.15) is 11.8 Å². The van der Waals surface area contributed by atoms with Crippen molar-refractivity contribution in [3.63, 3.8) is 0 Å². The van der Waals surface area contributed by atoms with E-state index in [9.17, 15) is 4.79 Å². The summed E-state index contributed by atoms with van der Waals surface area (Å²) in [6.45, 7) is 4.00. The van der Waals surface area contributed by atoms with Crippen LogP contribution in [-0.4, -0.2) is 35.9 Å². The first-order valence-electron chi connectivity index (χ1n) is 5.84. The van der Waals surface area contributed by atoms with E-state index in [0.717, 1.165) is 11.3 Å². The lowest BCUT2D eigenvalue weighted by atomic mass is 10.1. The van der Waals surface area contributed by atoms with E-state index in [4.69, 9.17) is 5.84 Å². The number of aryl methyl sites for hydroxylation is 1. The van der Waals surface area contributed by atoms with Gasteiger partial charge in [0, 0.05) is 18.8 Å². The van der Waals surface area contributed by atoms with Gasteiger partial charge in [-0.1, -0.05) is 11.6 Å². The molecule has 100 valence electrons. The van der Waals surface area contributed by atoms with Crippen molar-refractivity contribution < 1.29 is 4.79 Å². The van der Waals surface area contributed by atoms with Crippen molar-refractivity contribution in [2.75, 3.05) is 24.5 Å². The van der Waals surface area contributed by atoms with Gasteiger partial charge >= 0.3 is 0 Å². The Morgan fingerprint density at radius 1 is 1.56 bits per heavy atom. The lowest BCUT2D eigenvalue weighted by molar-refractivity contribution is 0.0758. The number of amides is 1. The quantitative estimate of drug-likeness (QED) is 0.633. The van der Waals surface area contributed by atoms with E-state index in [1.165, 1.54) is 0 Å². The smallest absolute Gasteiger partial charge is 0.256 e. The molecule has 1 unspecified atom stereocenters. The highest BCUT2D eigenvalue weighted by molar-refractivity contribution is 7.98. The van der Waals surface area contributed by atoms with Crippen molar-refractivity contribution in [2.45, 2.75) is 19.9 Å². The van der Waals surface area contributed by atoms with Crippen LogP contribution in [0.1, 0.15) is 22.8 Å². The molecule has 4 nitrogen and oxygen atoms in total. The Bertz CT molecular complexity index is 423. The Morgan fingerprint density at radius 2 is 2.22 bits per heavy atom. The molecule has 0 saturated heterocycles. The van der Waals surface area contributed by atoms with Crippen molar-refractivity contribution >= 4 is 23.4 Å². The molecule has 0 radical (unpaired) electrons. The molecule has 5 heteroatoms. The molecule has 0 bridgehead atoms. The first-order chi connectivity index (χ1) is 8.51. The molecule has 1 rings (SSSR count). The van der Waals surface area contributed by atoms with Crippen LogP contribution in [-0.2, 0) is 0 Å².